The summed E-state index contributed by atoms with van der Waals surface area (Å²) in [5, 5.41) is 4.93. The topological polar surface area (TPSA) is 58.2 Å². The first kappa shape index (κ1) is 14.6. The molecule has 0 radical (unpaired) electrons. The van der Waals surface area contributed by atoms with Crippen LogP contribution in [0.3, 0.4) is 0 Å². The third-order valence-corrected chi connectivity index (χ3v) is 3.66. The molecule has 0 aliphatic heterocycles. The normalized spacial score (nSPS) is 11.7. The van der Waals surface area contributed by atoms with Gasteiger partial charge in [-0.05, 0) is 12.5 Å². The van der Waals surface area contributed by atoms with Crippen LogP contribution in [0.5, 0.6) is 0 Å². The number of hydrogen-bond donors (Lipinski definition) is 2. The molecule has 1 rings (SSSR count). The molecule has 0 saturated heterocycles. The first-order valence-corrected chi connectivity index (χ1v) is 6.86. The fourth-order valence-corrected chi connectivity index (χ4v) is 2.41. The monoisotopic (exact) mass is 266 g/mol. The maximum absolute atomic E-state index is 11.3. The maximum Gasteiger partial charge on any atom is 0.321 e. The summed E-state index contributed by atoms with van der Waals surface area (Å²) in [6.45, 7) is 2.11. The fourth-order valence-electron chi connectivity index (χ4n) is 1.40. The van der Waals surface area contributed by atoms with E-state index in [1.54, 1.807) is 11.8 Å². The summed E-state index contributed by atoms with van der Waals surface area (Å²) in [5.41, 5.74) is 1.24. The lowest BCUT2D eigenvalue weighted by Gasteiger charge is -2.11. The number of carbonyl (C=O) groups excluding carboxylic acids is 2. The van der Waals surface area contributed by atoms with E-state index in [2.05, 4.69) is 29.7 Å². The molecule has 0 heterocycles. The summed E-state index contributed by atoms with van der Waals surface area (Å²) in [7, 11) is 1.48. The zero-order valence-electron chi connectivity index (χ0n) is 10.6. The van der Waals surface area contributed by atoms with E-state index >= 15 is 0 Å². The molecule has 0 fully saturated rings. The Bertz CT molecular complexity index is 395. The Kier molecular flexibility index (Phi) is 6.28. The molecule has 0 saturated carbocycles. The molecule has 0 spiro atoms. The third kappa shape index (κ3) is 5.23. The Morgan fingerprint density at radius 2 is 1.94 bits per heavy atom. The Morgan fingerprint density at radius 1 is 1.28 bits per heavy atom. The molecule has 1 aromatic carbocycles. The summed E-state index contributed by atoms with van der Waals surface area (Å²) in [5.74, 6) is 0.445. The minimum absolute atomic E-state index is 0.248. The van der Waals surface area contributed by atoms with Gasteiger partial charge in [0, 0.05) is 24.5 Å². The average Bonchev–Trinajstić information content (AvgIpc) is 2.39. The van der Waals surface area contributed by atoms with Crippen LogP contribution in [0, 0.1) is 0 Å². The van der Waals surface area contributed by atoms with Crippen molar-refractivity contribution in [3.63, 3.8) is 0 Å². The van der Waals surface area contributed by atoms with Crippen LogP contribution in [0.1, 0.15) is 24.2 Å². The van der Waals surface area contributed by atoms with E-state index in [-0.39, 0.29) is 5.91 Å². The molecular formula is C13H18N2O2S. The Balaban J connectivity index is 2.26. The van der Waals surface area contributed by atoms with Gasteiger partial charge in [-0.1, -0.05) is 30.3 Å². The highest BCUT2D eigenvalue weighted by Crippen LogP contribution is 2.27. The standard InChI is InChI=1S/C13H18N2O2S/c1-10(11-6-4-3-5-7-11)18-9-8-12(16)15-13(17)14-2/h3-7,10H,8-9H2,1-2H3,(H2,14,15,16,17). The number of benzene rings is 1. The van der Waals surface area contributed by atoms with Crippen molar-refractivity contribution >= 4 is 23.7 Å². The van der Waals surface area contributed by atoms with Crippen LogP contribution in [-0.2, 0) is 4.79 Å². The summed E-state index contributed by atoms with van der Waals surface area (Å²) < 4.78 is 0. The van der Waals surface area contributed by atoms with Crippen LogP contribution in [0.15, 0.2) is 30.3 Å². The number of urea groups is 1. The third-order valence-electron chi connectivity index (χ3n) is 2.45. The molecule has 4 nitrogen and oxygen atoms in total. The molecule has 2 N–H and O–H groups in total. The highest BCUT2D eigenvalue weighted by Gasteiger charge is 2.08. The molecule has 18 heavy (non-hydrogen) atoms. The lowest BCUT2D eigenvalue weighted by Crippen LogP contribution is -2.37. The van der Waals surface area contributed by atoms with Gasteiger partial charge in [0.1, 0.15) is 0 Å². The summed E-state index contributed by atoms with van der Waals surface area (Å²) in [6, 6.07) is 9.68. The molecule has 0 aliphatic carbocycles. The van der Waals surface area contributed by atoms with Crippen LogP contribution >= 0.6 is 11.8 Å². The Morgan fingerprint density at radius 3 is 2.56 bits per heavy atom. The van der Waals surface area contributed by atoms with E-state index in [1.165, 1.54) is 12.6 Å². The van der Waals surface area contributed by atoms with Crippen molar-refractivity contribution in [2.75, 3.05) is 12.8 Å². The number of rotatable bonds is 5. The molecule has 0 aromatic heterocycles. The van der Waals surface area contributed by atoms with Crippen molar-refractivity contribution in [2.24, 2.45) is 0 Å². The minimum Gasteiger partial charge on any atom is -0.341 e. The van der Waals surface area contributed by atoms with Gasteiger partial charge in [-0.2, -0.15) is 11.8 Å². The van der Waals surface area contributed by atoms with E-state index in [1.807, 2.05) is 18.2 Å². The lowest BCUT2D eigenvalue weighted by molar-refractivity contribution is -0.119. The summed E-state index contributed by atoms with van der Waals surface area (Å²) in [4.78, 5) is 22.2. The molecule has 0 bridgehead atoms. The van der Waals surface area contributed by atoms with Crippen molar-refractivity contribution in [1.29, 1.82) is 0 Å². The van der Waals surface area contributed by atoms with Crippen LogP contribution < -0.4 is 10.6 Å². The van der Waals surface area contributed by atoms with Crippen LogP contribution in [0.25, 0.3) is 0 Å². The quantitative estimate of drug-likeness (QED) is 0.860. The van der Waals surface area contributed by atoms with E-state index in [4.69, 9.17) is 0 Å². The highest BCUT2D eigenvalue weighted by atomic mass is 32.2. The van der Waals surface area contributed by atoms with Gasteiger partial charge in [0.2, 0.25) is 5.91 Å². The largest absolute Gasteiger partial charge is 0.341 e. The molecule has 1 aromatic rings. The number of amides is 3. The number of nitrogens with one attached hydrogen (secondary N) is 2. The number of imide groups is 1. The number of thioether (sulfide) groups is 1. The minimum atomic E-state index is -0.457. The molecule has 98 valence electrons. The SMILES string of the molecule is CNC(=O)NC(=O)CCSC(C)c1ccccc1. The molecule has 5 heteroatoms. The van der Waals surface area contributed by atoms with Gasteiger partial charge in [0.05, 0.1) is 0 Å². The maximum atomic E-state index is 11.3. The van der Waals surface area contributed by atoms with Crippen LogP contribution in [0.4, 0.5) is 4.79 Å². The fraction of sp³-hybridized carbons (Fsp3) is 0.385. The zero-order chi connectivity index (χ0) is 13.4. The molecule has 1 unspecified atom stereocenters. The van der Waals surface area contributed by atoms with Gasteiger partial charge in [-0.3, -0.25) is 10.1 Å². The number of carbonyl (C=O) groups is 2. The van der Waals surface area contributed by atoms with E-state index in [9.17, 15) is 9.59 Å². The second-order valence-corrected chi connectivity index (χ2v) is 5.25. The average molecular weight is 266 g/mol. The lowest BCUT2D eigenvalue weighted by atomic mass is 10.2. The first-order valence-electron chi connectivity index (χ1n) is 5.81. The second-order valence-electron chi connectivity index (χ2n) is 3.80. The highest BCUT2D eigenvalue weighted by molar-refractivity contribution is 7.99. The molecule has 3 amide bonds. The zero-order valence-corrected chi connectivity index (χ0v) is 11.4. The van der Waals surface area contributed by atoms with Gasteiger partial charge in [-0.15, -0.1) is 0 Å². The molecule has 0 aliphatic rings. The molecular weight excluding hydrogens is 248 g/mol. The molecule has 1 atom stereocenters. The van der Waals surface area contributed by atoms with Crippen molar-refractivity contribution in [1.82, 2.24) is 10.6 Å². The van der Waals surface area contributed by atoms with Crippen LogP contribution in [0.2, 0.25) is 0 Å². The van der Waals surface area contributed by atoms with Gasteiger partial charge in [-0.25, -0.2) is 4.79 Å². The summed E-state index contributed by atoms with van der Waals surface area (Å²) >= 11 is 1.70. The van der Waals surface area contributed by atoms with E-state index in [0.29, 0.717) is 17.4 Å². The summed E-state index contributed by atoms with van der Waals surface area (Å²) in [6.07, 6.45) is 0.343. The van der Waals surface area contributed by atoms with Gasteiger partial charge >= 0.3 is 6.03 Å². The smallest absolute Gasteiger partial charge is 0.321 e. The number of hydrogen-bond acceptors (Lipinski definition) is 3. The van der Waals surface area contributed by atoms with Crippen molar-refractivity contribution < 1.29 is 9.59 Å². The Hall–Kier alpha value is -1.49. The predicted molar refractivity (Wildman–Crippen MR) is 74.5 cm³/mol. The first-order chi connectivity index (χ1) is 8.63. The van der Waals surface area contributed by atoms with E-state index in [0.717, 1.165) is 0 Å². The van der Waals surface area contributed by atoms with Gasteiger partial charge in [0.25, 0.3) is 0 Å². The Labute approximate surface area is 112 Å². The van der Waals surface area contributed by atoms with Crippen molar-refractivity contribution in [3.8, 4) is 0 Å². The van der Waals surface area contributed by atoms with Crippen molar-refractivity contribution in [3.05, 3.63) is 35.9 Å². The van der Waals surface area contributed by atoms with Crippen molar-refractivity contribution in [2.45, 2.75) is 18.6 Å². The second kappa shape index (κ2) is 7.76. The predicted octanol–water partition coefficient (Wildman–Crippen LogP) is 2.33. The van der Waals surface area contributed by atoms with Crippen LogP contribution in [-0.4, -0.2) is 24.7 Å². The van der Waals surface area contributed by atoms with E-state index < -0.39 is 6.03 Å². The van der Waals surface area contributed by atoms with Gasteiger partial charge in [0.15, 0.2) is 0 Å². The van der Waals surface area contributed by atoms with Gasteiger partial charge < -0.3 is 5.32 Å².